The van der Waals surface area contributed by atoms with E-state index >= 15 is 0 Å². The number of aliphatic hydroxyl groups excluding tert-OH is 1. The van der Waals surface area contributed by atoms with Crippen LogP contribution in [0.1, 0.15) is 50.7 Å². The number of halogens is 2. The third-order valence-electron chi connectivity index (χ3n) is 4.46. The van der Waals surface area contributed by atoms with Gasteiger partial charge in [-0.15, -0.1) is 11.3 Å². The summed E-state index contributed by atoms with van der Waals surface area (Å²) < 4.78 is 38.1. The number of thiophene rings is 1. The summed E-state index contributed by atoms with van der Waals surface area (Å²) in [6.07, 6.45) is -1.76. The molecule has 1 aliphatic carbocycles. The van der Waals surface area contributed by atoms with E-state index in [9.17, 15) is 18.7 Å². The first-order valence-electron chi connectivity index (χ1n) is 8.37. The summed E-state index contributed by atoms with van der Waals surface area (Å²) in [6.45, 7) is 1.90. The van der Waals surface area contributed by atoms with Crippen molar-refractivity contribution < 1.29 is 28.2 Å². The molecule has 140 valence electrons. The molecule has 1 heterocycles. The highest BCUT2D eigenvalue weighted by atomic mass is 32.1. The minimum Gasteiger partial charge on any atom is -0.497 e. The van der Waals surface area contributed by atoms with Gasteiger partial charge >= 0.3 is 5.97 Å². The Bertz CT molecular complexity index is 799. The predicted octanol–water partition coefficient (Wildman–Crippen LogP) is 4.14. The van der Waals surface area contributed by atoms with E-state index in [4.69, 9.17) is 9.47 Å². The van der Waals surface area contributed by atoms with Crippen molar-refractivity contribution >= 4 is 17.3 Å². The lowest BCUT2D eigenvalue weighted by molar-refractivity contribution is -0.0127. The summed E-state index contributed by atoms with van der Waals surface area (Å²) in [5.41, 5.74) is 1.51. The zero-order valence-electron chi connectivity index (χ0n) is 14.6. The SMILES string of the molecule is CCOC(=O)c1sc(C(O)c2ccc(OC)cc2)c2c1CCC(F)(F)C2. The first-order valence-corrected chi connectivity index (χ1v) is 9.19. The third-order valence-corrected chi connectivity index (χ3v) is 5.77. The van der Waals surface area contributed by atoms with Gasteiger partial charge in [0.15, 0.2) is 0 Å². The molecule has 3 rings (SSSR count). The van der Waals surface area contributed by atoms with E-state index in [0.29, 0.717) is 32.2 Å². The molecule has 0 aliphatic heterocycles. The molecule has 0 saturated carbocycles. The van der Waals surface area contributed by atoms with E-state index in [0.717, 1.165) is 11.3 Å². The van der Waals surface area contributed by atoms with Crippen molar-refractivity contribution in [3.8, 4) is 5.75 Å². The summed E-state index contributed by atoms with van der Waals surface area (Å²) >= 11 is 1.05. The first-order chi connectivity index (χ1) is 12.4. The topological polar surface area (TPSA) is 55.8 Å². The molecule has 26 heavy (non-hydrogen) atoms. The molecule has 1 atom stereocenters. The van der Waals surface area contributed by atoms with Crippen LogP contribution in [-0.4, -0.2) is 30.7 Å². The van der Waals surface area contributed by atoms with Gasteiger partial charge in [-0.3, -0.25) is 0 Å². The first kappa shape index (κ1) is 18.8. The molecular formula is C19H20F2O4S. The van der Waals surface area contributed by atoms with Crippen molar-refractivity contribution in [2.45, 2.75) is 38.2 Å². The second kappa shape index (κ2) is 7.32. The number of esters is 1. The van der Waals surface area contributed by atoms with Crippen LogP contribution in [0.5, 0.6) is 5.75 Å². The Morgan fingerprint density at radius 2 is 2.00 bits per heavy atom. The molecule has 7 heteroatoms. The molecule has 0 fully saturated rings. The largest absolute Gasteiger partial charge is 0.497 e. The Balaban J connectivity index is 2.03. The van der Waals surface area contributed by atoms with Gasteiger partial charge in [0, 0.05) is 17.7 Å². The number of ether oxygens (including phenoxy) is 2. The summed E-state index contributed by atoms with van der Waals surface area (Å²) in [6, 6.07) is 6.75. The highest BCUT2D eigenvalue weighted by Gasteiger charge is 2.40. The lowest BCUT2D eigenvalue weighted by atomic mass is 9.87. The molecular weight excluding hydrogens is 362 g/mol. The lowest BCUT2D eigenvalue weighted by Gasteiger charge is -2.24. The van der Waals surface area contributed by atoms with Crippen LogP contribution in [0.25, 0.3) is 0 Å². The number of rotatable bonds is 5. The summed E-state index contributed by atoms with van der Waals surface area (Å²) in [5, 5.41) is 10.8. The van der Waals surface area contributed by atoms with Gasteiger partial charge in [0.05, 0.1) is 13.7 Å². The van der Waals surface area contributed by atoms with Crippen LogP contribution in [0.4, 0.5) is 8.78 Å². The predicted molar refractivity (Wildman–Crippen MR) is 94.3 cm³/mol. The van der Waals surface area contributed by atoms with E-state index in [1.165, 1.54) is 7.11 Å². The highest BCUT2D eigenvalue weighted by molar-refractivity contribution is 7.14. The molecule has 1 unspecified atom stereocenters. The zero-order valence-corrected chi connectivity index (χ0v) is 15.4. The highest BCUT2D eigenvalue weighted by Crippen LogP contribution is 2.44. The molecule has 2 aromatic rings. The molecule has 1 aromatic heterocycles. The van der Waals surface area contributed by atoms with Crippen LogP contribution in [0.2, 0.25) is 0 Å². The van der Waals surface area contributed by atoms with Crippen molar-refractivity contribution in [2.75, 3.05) is 13.7 Å². The van der Waals surface area contributed by atoms with E-state index in [2.05, 4.69) is 0 Å². The van der Waals surface area contributed by atoms with Gasteiger partial charge in [-0.1, -0.05) is 12.1 Å². The Hall–Kier alpha value is -1.99. The number of carbonyl (C=O) groups excluding carboxylic acids is 1. The lowest BCUT2D eigenvalue weighted by Crippen LogP contribution is -2.27. The summed E-state index contributed by atoms with van der Waals surface area (Å²) in [5.74, 6) is -2.73. The molecule has 1 N–H and O–H groups in total. The maximum Gasteiger partial charge on any atom is 0.348 e. The number of fused-ring (bicyclic) bond motifs is 1. The van der Waals surface area contributed by atoms with Gasteiger partial charge in [0.2, 0.25) is 0 Å². The fourth-order valence-corrected chi connectivity index (χ4v) is 4.43. The van der Waals surface area contributed by atoms with Crippen molar-refractivity contribution in [2.24, 2.45) is 0 Å². The molecule has 4 nitrogen and oxygen atoms in total. The van der Waals surface area contributed by atoms with Gasteiger partial charge in [-0.2, -0.15) is 0 Å². The molecule has 0 spiro atoms. The normalized spacial score (nSPS) is 16.7. The van der Waals surface area contributed by atoms with Crippen LogP contribution < -0.4 is 4.74 Å². The van der Waals surface area contributed by atoms with Crippen LogP contribution in [0, 0.1) is 0 Å². The van der Waals surface area contributed by atoms with Crippen LogP contribution >= 0.6 is 11.3 Å². The summed E-state index contributed by atoms with van der Waals surface area (Å²) in [7, 11) is 1.54. The Kier molecular flexibility index (Phi) is 5.29. The Morgan fingerprint density at radius 1 is 1.31 bits per heavy atom. The minimum absolute atomic E-state index is 0.0995. The second-order valence-electron chi connectivity index (χ2n) is 6.18. The second-order valence-corrected chi connectivity index (χ2v) is 7.23. The fraction of sp³-hybridized carbons (Fsp3) is 0.421. The monoisotopic (exact) mass is 382 g/mol. The zero-order chi connectivity index (χ0) is 18.9. The molecule has 1 aliphatic rings. The van der Waals surface area contributed by atoms with E-state index in [1.54, 1.807) is 31.2 Å². The average Bonchev–Trinajstić information content (AvgIpc) is 2.99. The standard InChI is InChI=1S/C19H20F2O4S/c1-3-25-18(23)17-13-8-9-19(20,21)10-14(13)16(26-17)15(22)11-4-6-12(24-2)7-5-11/h4-7,15,22H,3,8-10H2,1-2H3. The van der Waals surface area contributed by atoms with E-state index in [-0.39, 0.29) is 19.4 Å². The van der Waals surface area contributed by atoms with Crippen LogP contribution in [0.15, 0.2) is 24.3 Å². The average molecular weight is 382 g/mol. The van der Waals surface area contributed by atoms with Gasteiger partial charge in [0.1, 0.15) is 16.7 Å². The summed E-state index contributed by atoms with van der Waals surface area (Å²) in [4.78, 5) is 12.9. The van der Waals surface area contributed by atoms with Crippen molar-refractivity contribution in [1.82, 2.24) is 0 Å². The van der Waals surface area contributed by atoms with E-state index in [1.807, 2.05) is 0 Å². The smallest absolute Gasteiger partial charge is 0.348 e. The molecule has 0 saturated heterocycles. The molecule has 1 aromatic carbocycles. The number of hydrogen-bond acceptors (Lipinski definition) is 5. The van der Waals surface area contributed by atoms with Gasteiger partial charge in [-0.05, 0) is 42.2 Å². The number of methoxy groups -OCH3 is 1. The maximum atomic E-state index is 14.0. The van der Waals surface area contributed by atoms with Gasteiger partial charge in [0.25, 0.3) is 5.92 Å². The molecule has 0 bridgehead atoms. The van der Waals surface area contributed by atoms with Crippen molar-refractivity contribution in [1.29, 1.82) is 0 Å². The number of benzene rings is 1. The third kappa shape index (κ3) is 3.59. The maximum absolute atomic E-state index is 14.0. The number of carbonyl (C=O) groups is 1. The number of alkyl halides is 2. The minimum atomic E-state index is -2.84. The van der Waals surface area contributed by atoms with Crippen molar-refractivity contribution in [3.05, 3.63) is 50.7 Å². The van der Waals surface area contributed by atoms with E-state index < -0.39 is 24.4 Å². The van der Waals surface area contributed by atoms with Crippen LogP contribution in [-0.2, 0) is 17.6 Å². The van der Waals surface area contributed by atoms with Gasteiger partial charge in [-0.25, -0.2) is 13.6 Å². The number of aliphatic hydroxyl groups is 1. The molecule has 0 amide bonds. The van der Waals surface area contributed by atoms with Gasteiger partial charge < -0.3 is 14.6 Å². The quantitative estimate of drug-likeness (QED) is 0.790. The fourth-order valence-electron chi connectivity index (χ4n) is 3.15. The Morgan fingerprint density at radius 3 is 2.62 bits per heavy atom. The van der Waals surface area contributed by atoms with Crippen LogP contribution in [0.3, 0.4) is 0 Å². The Labute approximate surface area is 154 Å². The van der Waals surface area contributed by atoms with Crippen molar-refractivity contribution in [3.63, 3.8) is 0 Å². The number of hydrogen-bond donors (Lipinski definition) is 1. The molecule has 0 radical (unpaired) electrons.